The first-order valence-corrected chi connectivity index (χ1v) is 6.54. The molecular weight excluding hydrogens is 288 g/mol. The fraction of sp³-hybridized carbons (Fsp3) is 0.0909. The highest BCUT2D eigenvalue weighted by Crippen LogP contribution is 2.24. The lowest BCUT2D eigenvalue weighted by molar-refractivity contribution is 0.0600. The van der Waals surface area contributed by atoms with Crippen LogP contribution in [0.3, 0.4) is 0 Å². The molecule has 0 saturated heterocycles. The largest absolute Gasteiger partial charge is 0.465 e. The number of fused-ring (bicyclic) bond motifs is 1. The van der Waals surface area contributed by atoms with E-state index in [1.807, 2.05) is 5.38 Å². The smallest absolute Gasteiger partial charge is 0.339 e. The molecule has 96 valence electrons. The zero-order valence-corrected chi connectivity index (χ0v) is 11.3. The molecule has 0 aromatic carbocycles. The Labute approximate surface area is 116 Å². The van der Waals surface area contributed by atoms with Gasteiger partial charge in [-0.1, -0.05) is 11.6 Å². The van der Waals surface area contributed by atoms with E-state index in [2.05, 4.69) is 19.9 Å². The van der Waals surface area contributed by atoms with E-state index in [4.69, 9.17) is 11.6 Å². The molecule has 0 spiro atoms. The van der Waals surface area contributed by atoms with Gasteiger partial charge in [0, 0.05) is 11.6 Å². The average Bonchev–Trinajstić information content (AvgIpc) is 3.05. The Kier molecular flexibility index (Phi) is 2.92. The Morgan fingerprint density at radius 3 is 3.00 bits per heavy atom. The van der Waals surface area contributed by atoms with Crippen molar-refractivity contribution in [3.8, 4) is 11.5 Å². The number of carbonyl (C=O) groups is 1. The van der Waals surface area contributed by atoms with E-state index in [9.17, 15) is 4.79 Å². The van der Waals surface area contributed by atoms with Gasteiger partial charge in [0.1, 0.15) is 5.69 Å². The molecule has 0 bridgehead atoms. The van der Waals surface area contributed by atoms with Crippen LogP contribution in [-0.2, 0) is 4.74 Å². The van der Waals surface area contributed by atoms with Crippen molar-refractivity contribution < 1.29 is 9.53 Å². The summed E-state index contributed by atoms with van der Waals surface area (Å²) in [5.74, 6) is 0.0608. The summed E-state index contributed by atoms with van der Waals surface area (Å²) in [6.07, 6.45) is 1.59. The van der Waals surface area contributed by atoms with E-state index in [1.165, 1.54) is 24.5 Å². The van der Waals surface area contributed by atoms with E-state index < -0.39 is 5.97 Å². The first kappa shape index (κ1) is 12.1. The second-order valence-electron chi connectivity index (χ2n) is 3.66. The van der Waals surface area contributed by atoms with Crippen molar-refractivity contribution in [1.29, 1.82) is 0 Å². The molecule has 6 nitrogen and oxygen atoms in total. The molecule has 3 heterocycles. The molecule has 3 rings (SSSR count). The summed E-state index contributed by atoms with van der Waals surface area (Å²) in [5.41, 5.74) is 3.17. The van der Waals surface area contributed by atoms with Crippen LogP contribution in [0, 0.1) is 0 Å². The lowest BCUT2D eigenvalue weighted by Gasteiger charge is -2.03. The topological polar surface area (TPSA) is 69.4 Å². The first-order chi connectivity index (χ1) is 9.20. The molecular formula is C11H7ClN4O2S. The predicted octanol–water partition coefficient (Wildman–Crippen LogP) is 2.29. The Balaban J connectivity index is 2.26. The number of esters is 1. The normalized spacial score (nSPS) is 10.8. The molecule has 0 fully saturated rings. The van der Waals surface area contributed by atoms with Crippen LogP contribution in [0.2, 0.25) is 5.02 Å². The number of hydrogen-bond acceptors (Lipinski definition) is 6. The van der Waals surface area contributed by atoms with E-state index in [0.29, 0.717) is 27.8 Å². The maximum Gasteiger partial charge on any atom is 0.339 e. The van der Waals surface area contributed by atoms with Crippen molar-refractivity contribution in [2.75, 3.05) is 7.11 Å². The summed E-state index contributed by atoms with van der Waals surface area (Å²) in [5, 5.41) is 10.2. The molecule has 0 unspecified atom stereocenters. The van der Waals surface area contributed by atoms with Crippen LogP contribution < -0.4 is 0 Å². The highest BCUT2D eigenvalue weighted by molar-refractivity contribution is 7.07. The summed E-state index contributed by atoms with van der Waals surface area (Å²) in [7, 11) is 1.31. The number of hydrogen-bond donors (Lipinski definition) is 0. The minimum Gasteiger partial charge on any atom is -0.465 e. The maximum absolute atomic E-state index is 11.6. The molecule has 0 radical (unpaired) electrons. The third kappa shape index (κ3) is 1.96. The van der Waals surface area contributed by atoms with Gasteiger partial charge in [0.2, 0.25) is 0 Å². The van der Waals surface area contributed by atoms with Crippen LogP contribution in [0.4, 0.5) is 0 Å². The number of rotatable bonds is 2. The fourth-order valence-corrected chi connectivity index (χ4v) is 2.46. The molecule has 0 aliphatic heterocycles. The average molecular weight is 295 g/mol. The summed E-state index contributed by atoms with van der Waals surface area (Å²) in [6, 6.07) is 1.50. The minimum atomic E-state index is -0.471. The third-order valence-corrected chi connectivity index (χ3v) is 3.41. The Hall–Kier alpha value is -1.99. The lowest BCUT2D eigenvalue weighted by Crippen LogP contribution is -2.03. The van der Waals surface area contributed by atoms with Crippen molar-refractivity contribution in [2.24, 2.45) is 0 Å². The summed E-state index contributed by atoms with van der Waals surface area (Å²) < 4.78 is 6.31. The highest BCUT2D eigenvalue weighted by Gasteiger charge is 2.16. The van der Waals surface area contributed by atoms with Gasteiger partial charge in [-0.3, -0.25) is 4.40 Å². The quantitative estimate of drug-likeness (QED) is 0.678. The molecule has 0 saturated carbocycles. The molecule has 19 heavy (non-hydrogen) atoms. The number of methoxy groups -OCH3 is 1. The molecule has 0 N–H and O–H groups in total. The summed E-state index contributed by atoms with van der Waals surface area (Å²) in [6.45, 7) is 0. The zero-order chi connectivity index (χ0) is 13.4. The molecule has 0 amide bonds. The van der Waals surface area contributed by atoms with Crippen LogP contribution in [0.5, 0.6) is 0 Å². The monoisotopic (exact) mass is 294 g/mol. The van der Waals surface area contributed by atoms with Gasteiger partial charge in [0.05, 0.1) is 23.2 Å². The van der Waals surface area contributed by atoms with Crippen molar-refractivity contribution >= 4 is 34.6 Å². The number of aromatic nitrogens is 4. The summed E-state index contributed by atoms with van der Waals surface area (Å²) >= 11 is 7.54. The van der Waals surface area contributed by atoms with Gasteiger partial charge >= 0.3 is 5.97 Å². The van der Waals surface area contributed by atoms with E-state index in [1.54, 1.807) is 16.1 Å². The van der Waals surface area contributed by atoms with Gasteiger partial charge in [-0.15, -0.1) is 21.5 Å². The van der Waals surface area contributed by atoms with Gasteiger partial charge < -0.3 is 4.74 Å². The summed E-state index contributed by atoms with van der Waals surface area (Å²) in [4.78, 5) is 15.7. The van der Waals surface area contributed by atoms with E-state index >= 15 is 0 Å². The third-order valence-electron chi connectivity index (χ3n) is 2.54. The minimum absolute atomic E-state index is 0.330. The number of nitrogens with zero attached hydrogens (tertiary/aromatic N) is 4. The van der Waals surface area contributed by atoms with Crippen molar-refractivity contribution in [3.63, 3.8) is 0 Å². The van der Waals surface area contributed by atoms with Crippen molar-refractivity contribution in [3.05, 3.63) is 33.7 Å². The van der Waals surface area contributed by atoms with Crippen LogP contribution in [0.1, 0.15) is 10.4 Å². The number of ether oxygens (including phenoxy) is 1. The molecule has 0 aliphatic carbocycles. The Bertz CT molecular complexity index is 753. The van der Waals surface area contributed by atoms with Crippen LogP contribution in [0.15, 0.2) is 23.2 Å². The van der Waals surface area contributed by atoms with Crippen LogP contribution >= 0.6 is 22.9 Å². The van der Waals surface area contributed by atoms with Crippen LogP contribution in [0.25, 0.3) is 17.2 Å². The first-order valence-electron chi connectivity index (χ1n) is 5.22. The van der Waals surface area contributed by atoms with Gasteiger partial charge in [-0.05, 0) is 6.07 Å². The SMILES string of the molecule is COC(=O)c1cc(Cl)c2nnc(-c3cscn3)n2c1. The second kappa shape index (κ2) is 4.60. The predicted molar refractivity (Wildman–Crippen MR) is 70.4 cm³/mol. The highest BCUT2D eigenvalue weighted by atomic mass is 35.5. The number of pyridine rings is 1. The molecule has 3 aromatic rings. The molecule has 0 aliphatic rings. The maximum atomic E-state index is 11.6. The van der Waals surface area contributed by atoms with Gasteiger partial charge in [0.25, 0.3) is 0 Å². The van der Waals surface area contributed by atoms with Crippen LogP contribution in [-0.4, -0.2) is 32.7 Å². The number of halogens is 1. The second-order valence-corrected chi connectivity index (χ2v) is 4.79. The van der Waals surface area contributed by atoms with Crippen molar-refractivity contribution in [2.45, 2.75) is 0 Å². The van der Waals surface area contributed by atoms with Gasteiger partial charge in [0.15, 0.2) is 11.5 Å². The molecule has 3 aromatic heterocycles. The van der Waals surface area contributed by atoms with Crippen molar-refractivity contribution in [1.82, 2.24) is 19.6 Å². The van der Waals surface area contributed by atoms with Gasteiger partial charge in [-0.2, -0.15) is 0 Å². The zero-order valence-electron chi connectivity index (χ0n) is 9.70. The standard InChI is InChI=1S/C11H7ClN4O2S/c1-18-11(17)6-2-7(12)9-14-15-10(16(9)3-6)8-4-19-5-13-8/h2-5H,1H3. The van der Waals surface area contributed by atoms with Gasteiger partial charge in [-0.25, -0.2) is 9.78 Å². The Morgan fingerprint density at radius 2 is 2.32 bits per heavy atom. The lowest BCUT2D eigenvalue weighted by atomic mass is 10.3. The van der Waals surface area contributed by atoms with E-state index in [0.717, 1.165) is 0 Å². The Morgan fingerprint density at radius 1 is 1.47 bits per heavy atom. The number of carbonyl (C=O) groups excluding carboxylic acids is 1. The van der Waals surface area contributed by atoms with E-state index in [-0.39, 0.29) is 0 Å². The molecule has 8 heteroatoms. The molecule has 0 atom stereocenters. The fourth-order valence-electron chi connectivity index (χ4n) is 1.68. The number of thiazole rings is 1.